The van der Waals surface area contributed by atoms with Gasteiger partial charge in [0, 0.05) is 37.3 Å². The zero-order valence-corrected chi connectivity index (χ0v) is 20.2. The van der Waals surface area contributed by atoms with E-state index >= 15 is 0 Å². The third-order valence-electron chi connectivity index (χ3n) is 8.03. The third kappa shape index (κ3) is 3.58. The zero-order chi connectivity index (χ0) is 24.2. The summed E-state index contributed by atoms with van der Waals surface area (Å²) in [5.41, 5.74) is 10.3. The molecule has 0 unspecified atom stereocenters. The topological polar surface area (TPSA) is 119 Å². The second-order valence-corrected chi connectivity index (χ2v) is 9.94. The number of esters is 1. The number of carbonyl (C=O) groups is 1. The van der Waals surface area contributed by atoms with Crippen molar-refractivity contribution in [3.63, 3.8) is 0 Å². The van der Waals surface area contributed by atoms with Gasteiger partial charge in [-0.2, -0.15) is 0 Å². The van der Waals surface area contributed by atoms with Crippen LogP contribution in [0.25, 0.3) is 0 Å². The number of ether oxygens (including phenoxy) is 2. The summed E-state index contributed by atoms with van der Waals surface area (Å²) in [6.07, 6.45) is 5.58. The summed E-state index contributed by atoms with van der Waals surface area (Å²) in [4.78, 5) is 36.2. The van der Waals surface area contributed by atoms with E-state index in [0.29, 0.717) is 24.7 Å². The molecule has 4 aliphatic heterocycles. The highest BCUT2D eigenvalue weighted by Crippen LogP contribution is 2.42. The van der Waals surface area contributed by atoms with Gasteiger partial charge in [0.1, 0.15) is 5.69 Å². The summed E-state index contributed by atoms with van der Waals surface area (Å²) in [5, 5.41) is 0. The molecule has 0 amide bonds. The Hall–Kier alpha value is -3.11. The van der Waals surface area contributed by atoms with Crippen LogP contribution in [0.3, 0.4) is 0 Å². The van der Waals surface area contributed by atoms with E-state index < -0.39 is 5.97 Å². The largest absolute Gasteiger partial charge is 0.464 e. The fraction of sp³-hybridized carbons (Fsp3) is 0.560. The Balaban J connectivity index is 1.32. The maximum Gasteiger partial charge on any atom is 0.360 e. The highest BCUT2D eigenvalue weighted by atomic mass is 16.5. The lowest BCUT2D eigenvalue weighted by molar-refractivity contribution is 0.0593. The van der Waals surface area contributed by atoms with Crippen LogP contribution in [-0.2, 0) is 22.4 Å². The molecular formula is C25H31N7O3. The van der Waals surface area contributed by atoms with Gasteiger partial charge in [-0.1, -0.05) is 0 Å². The number of aliphatic imine (C=N–C) groups is 1. The number of pyridine rings is 1. The number of nitrogens with two attached hydrogens (primary N) is 1. The van der Waals surface area contributed by atoms with Gasteiger partial charge in [-0.15, -0.1) is 0 Å². The molecule has 2 atom stereocenters. The maximum atomic E-state index is 12.8. The molecule has 10 nitrogen and oxygen atoms in total. The predicted molar refractivity (Wildman–Crippen MR) is 131 cm³/mol. The summed E-state index contributed by atoms with van der Waals surface area (Å²) >= 11 is 0. The van der Waals surface area contributed by atoms with E-state index in [1.807, 2.05) is 19.2 Å². The van der Waals surface area contributed by atoms with Crippen molar-refractivity contribution in [1.29, 1.82) is 0 Å². The van der Waals surface area contributed by atoms with Gasteiger partial charge in [0.25, 0.3) is 0 Å². The molecule has 35 heavy (non-hydrogen) atoms. The quantitative estimate of drug-likeness (QED) is 0.645. The van der Waals surface area contributed by atoms with Crippen LogP contribution >= 0.6 is 0 Å². The first kappa shape index (κ1) is 22.4. The molecule has 2 fully saturated rings. The molecular weight excluding hydrogens is 446 g/mol. The molecule has 0 aliphatic carbocycles. The van der Waals surface area contributed by atoms with Gasteiger partial charge < -0.3 is 25.0 Å². The second-order valence-electron chi connectivity index (χ2n) is 9.94. The Morgan fingerprint density at radius 3 is 2.80 bits per heavy atom. The Kier molecular flexibility index (Phi) is 5.45. The number of fused-ring (bicyclic) bond motifs is 2. The number of methoxy groups -OCH3 is 1. The number of anilines is 2. The van der Waals surface area contributed by atoms with Crippen LogP contribution < -0.4 is 15.5 Å². The van der Waals surface area contributed by atoms with Crippen molar-refractivity contribution in [2.75, 3.05) is 43.2 Å². The molecule has 6 heterocycles. The standard InChI is InChI=1S/C25H31N7O3/c1-15-21(26)25(14-35-15)7-11-31(12-8-25)23-20(24(33)34-2)30-19-17(29-23)13-28-22(19)32-10-4-5-16-18(32)6-3-9-27-16/h3,6,9,15,21H,4-5,7-8,10-14,26H2,1-2H3/t15-,21+/m0/s1. The van der Waals surface area contributed by atoms with Gasteiger partial charge >= 0.3 is 5.97 Å². The highest BCUT2D eigenvalue weighted by Gasteiger charge is 2.48. The summed E-state index contributed by atoms with van der Waals surface area (Å²) in [7, 11) is 1.38. The Morgan fingerprint density at radius 2 is 2.06 bits per heavy atom. The second kappa shape index (κ2) is 8.53. The van der Waals surface area contributed by atoms with Gasteiger partial charge in [0.2, 0.25) is 0 Å². The van der Waals surface area contributed by atoms with E-state index in [1.54, 1.807) is 0 Å². The van der Waals surface area contributed by atoms with Crippen LogP contribution in [0.5, 0.6) is 0 Å². The van der Waals surface area contributed by atoms with Gasteiger partial charge in [-0.05, 0) is 44.7 Å². The van der Waals surface area contributed by atoms with Crippen molar-refractivity contribution in [3.05, 3.63) is 41.1 Å². The first-order chi connectivity index (χ1) is 17.0. The van der Waals surface area contributed by atoms with Crippen molar-refractivity contribution in [1.82, 2.24) is 15.0 Å². The number of aromatic nitrogens is 3. The maximum absolute atomic E-state index is 12.8. The summed E-state index contributed by atoms with van der Waals surface area (Å²) < 4.78 is 11.0. The number of hydrogen-bond acceptors (Lipinski definition) is 10. The molecule has 2 N–H and O–H groups in total. The number of rotatable bonds is 2. The van der Waals surface area contributed by atoms with E-state index in [9.17, 15) is 4.79 Å². The van der Waals surface area contributed by atoms with Crippen molar-refractivity contribution < 1.29 is 14.3 Å². The molecule has 6 rings (SSSR count). The first-order valence-electron chi connectivity index (χ1n) is 12.4. The minimum absolute atomic E-state index is 0.0164. The van der Waals surface area contributed by atoms with E-state index in [1.165, 1.54) is 7.11 Å². The third-order valence-corrected chi connectivity index (χ3v) is 8.03. The lowest BCUT2D eigenvalue weighted by Gasteiger charge is -2.41. The van der Waals surface area contributed by atoms with Crippen LogP contribution in [0.2, 0.25) is 0 Å². The van der Waals surface area contributed by atoms with Crippen LogP contribution in [0.4, 0.5) is 11.5 Å². The molecule has 0 bridgehead atoms. The molecule has 184 valence electrons. The van der Waals surface area contributed by atoms with Gasteiger partial charge in [0.15, 0.2) is 17.3 Å². The number of piperidine rings is 1. The van der Waals surface area contributed by atoms with Gasteiger partial charge in [-0.3, -0.25) is 9.98 Å². The fourth-order valence-corrected chi connectivity index (χ4v) is 5.89. The van der Waals surface area contributed by atoms with Crippen LogP contribution in [0.15, 0.2) is 23.3 Å². The van der Waals surface area contributed by atoms with Crippen LogP contribution in [-0.4, -0.2) is 72.3 Å². The lowest BCUT2D eigenvalue weighted by atomic mass is 9.73. The average Bonchev–Trinajstić information content (AvgIpc) is 3.44. The van der Waals surface area contributed by atoms with Gasteiger partial charge in [-0.25, -0.2) is 14.8 Å². The van der Waals surface area contributed by atoms with Crippen LogP contribution in [0.1, 0.15) is 53.8 Å². The Labute approximate surface area is 204 Å². The van der Waals surface area contributed by atoms with E-state index in [0.717, 1.165) is 68.2 Å². The number of nitrogens with zero attached hydrogens (tertiary/aromatic N) is 6. The predicted octanol–water partition coefficient (Wildman–Crippen LogP) is 1.70. The average molecular weight is 478 g/mol. The molecule has 0 aromatic carbocycles. The van der Waals surface area contributed by atoms with Gasteiger partial charge in [0.05, 0.1) is 43.4 Å². The monoisotopic (exact) mass is 477 g/mol. The van der Waals surface area contributed by atoms with E-state index in [2.05, 4.69) is 20.9 Å². The molecule has 10 heteroatoms. The first-order valence-corrected chi connectivity index (χ1v) is 12.4. The fourth-order valence-electron chi connectivity index (χ4n) is 5.89. The summed E-state index contributed by atoms with van der Waals surface area (Å²) in [6.45, 7) is 5.46. The minimum atomic E-state index is -0.489. The van der Waals surface area contributed by atoms with Crippen molar-refractivity contribution in [2.45, 2.75) is 51.3 Å². The molecule has 4 aliphatic rings. The minimum Gasteiger partial charge on any atom is -0.464 e. The number of hydrogen-bond donors (Lipinski definition) is 1. The number of aryl methyl sites for hydroxylation is 1. The Bertz CT molecular complexity index is 1190. The summed E-state index contributed by atoms with van der Waals surface area (Å²) in [5.74, 6) is 0.832. The molecule has 2 aromatic heterocycles. The Morgan fingerprint density at radius 1 is 1.23 bits per heavy atom. The van der Waals surface area contributed by atoms with Crippen LogP contribution in [0, 0.1) is 5.41 Å². The molecule has 0 radical (unpaired) electrons. The van der Waals surface area contributed by atoms with E-state index in [4.69, 9.17) is 30.2 Å². The lowest BCUT2D eigenvalue weighted by Crippen LogP contribution is -2.51. The molecule has 2 saturated heterocycles. The zero-order valence-electron chi connectivity index (χ0n) is 20.2. The van der Waals surface area contributed by atoms with Crippen molar-refractivity contribution in [2.24, 2.45) is 16.1 Å². The number of amidine groups is 1. The number of carbonyl (C=O) groups excluding carboxylic acids is 1. The van der Waals surface area contributed by atoms with E-state index in [-0.39, 0.29) is 23.3 Å². The molecule has 1 spiro atoms. The highest BCUT2D eigenvalue weighted by molar-refractivity contribution is 6.11. The molecule has 0 saturated carbocycles. The summed E-state index contributed by atoms with van der Waals surface area (Å²) in [6, 6.07) is 4.02. The van der Waals surface area contributed by atoms with Crippen molar-refractivity contribution in [3.8, 4) is 0 Å². The van der Waals surface area contributed by atoms with Crippen molar-refractivity contribution >= 4 is 23.3 Å². The SMILES string of the molecule is COC(=O)c1nc2c(nc1N1CCC3(CC1)CO[C@@H](C)[C@H]3N)CN=C2N1CCCc2ncccc21. The normalized spacial score (nSPS) is 24.8. The smallest absolute Gasteiger partial charge is 0.360 e. The molecule has 2 aromatic rings.